The van der Waals surface area contributed by atoms with Crippen LogP contribution in [0.15, 0.2) is 48.5 Å². The van der Waals surface area contributed by atoms with Gasteiger partial charge in [0, 0.05) is 12.1 Å². The first kappa shape index (κ1) is 13.4. The molecule has 0 unspecified atom stereocenters. The summed E-state index contributed by atoms with van der Waals surface area (Å²) in [5, 5.41) is 3.14. The molecule has 0 spiro atoms. The van der Waals surface area contributed by atoms with Gasteiger partial charge in [0.1, 0.15) is 6.61 Å². The highest BCUT2D eigenvalue weighted by Crippen LogP contribution is 2.31. The van der Waals surface area contributed by atoms with Gasteiger partial charge in [0.15, 0.2) is 11.5 Å². The molecule has 0 radical (unpaired) electrons. The molecule has 2 aromatic rings. The standard InChI is InChI=1S/C16H19NO2/c1-17-11-14-9-6-10-15(18-2)16(14)19-12-13-7-4-3-5-8-13/h3-10,17H,11-12H2,1-2H3. The Morgan fingerprint density at radius 2 is 1.79 bits per heavy atom. The van der Waals surface area contributed by atoms with Gasteiger partial charge in [-0.25, -0.2) is 0 Å². The van der Waals surface area contributed by atoms with Crippen LogP contribution in [0.4, 0.5) is 0 Å². The minimum Gasteiger partial charge on any atom is -0.493 e. The summed E-state index contributed by atoms with van der Waals surface area (Å²) in [6.07, 6.45) is 0. The molecule has 19 heavy (non-hydrogen) atoms. The number of methoxy groups -OCH3 is 1. The van der Waals surface area contributed by atoms with Crippen LogP contribution in [0, 0.1) is 0 Å². The van der Waals surface area contributed by atoms with Crippen molar-refractivity contribution in [3.63, 3.8) is 0 Å². The minimum atomic E-state index is 0.540. The largest absolute Gasteiger partial charge is 0.493 e. The second-order valence-electron chi connectivity index (χ2n) is 4.25. The molecule has 2 aromatic carbocycles. The first-order valence-electron chi connectivity index (χ1n) is 6.32. The Hall–Kier alpha value is -2.00. The molecule has 0 saturated heterocycles. The number of hydrogen-bond donors (Lipinski definition) is 1. The average molecular weight is 257 g/mol. The van der Waals surface area contributed by atoms with E-state index in [0.29, 0.717) is 6.61 Å². The van der Waals surface area contributed by atoms with E-state index in [1.165, 1.54) is 0 Å². The van der Waals surface area contributed by atoms with Crippen LogP contribution in [0.5, 0.6) is 11.5 Å². The normalized spacial score (nSPS) is 10.2. The van der Waals surface area contributed by atoms with Gasteiger partial charge in [0.05, 0.1) is 7.11 Å². The number of hydrogen-bond acceptors (Lipinski definition) is 3. The molecular formula is C16H19NO2. The van der Waals surface area contributed by atoms with E-state index in [0.717, 1.165) is 29.2 Å². The number of nitrogens with one attached hydrogen (secondary N) is 1. The van der Waals surface area contributed by atoms with E-state index in [1.807, 2.05) is 55.6 Å². The van der Waals surface area contributed by atoms with Crippen molar-refractivity contribution in [3.05, 3.63) is 59.7 Å². The van der Waals surface area contributed by atoms with Crippen molar-refractivity contribution in [2.24, 2.45) is 0 Å². The van der Waals surface area contributed by atoms with Gasteiger partial charge >= 0.3 is 0 Å². The molecule has 0 saturated carbocycles. The summed E-state index contributed by atoms with van der Waals surface area (Å²) in [7, 11) is 3.58. The Kier molecular flexibility index (Phi) is 4.81. The van der Waals surface area contributed by atoms with Crippen molar-refractivity contribution in [1.82, 2.24) is 5.32 Å². The zero-order chi connectivity index (χ0) is 13.5. The van der Waals surface area contributed by atoms with Gasteiger partial charge in [-0.1, -0.05) is 42.5 Å². The lowest BCUT2D eigenvalue weighted by molar-refractivity contribution is 0.281. The van der Waals surface area contributed by atoms with Crippen molar-refractivity contribution < 1.29 is 9.47 Å². The number of rotatable bonds is 6. The number of benzene rings is 2. The minimum absolute atomic E-state index is 0.540. The highest BCUT2D eigenvalue weighted by Gasteiger charge is 2.10. The number of ether oxygens (including phenoxy) is 2. The van der Waals surface area contributed by atoms with Crippen LogP contribution in [-0.2, 0) is 13.2 Å². The third-order valence-electron chi connectivity index (χ3n) is 2.87. The van der Waals surface area contributed by atoms with E-state index in [9.17, 15) is 0 Å². The van der Waals surface area contributed by atoms with Crippen LogP contribution in [0.1, 0.15) is 11.1 Å². The molecule has 3 heteroatoms. The Morgan fingerprint density at radius 1 is 1.00 bits per heavy atom. The molecule has 0 amide bonds. The Balaban J connectivity index is 2.17. The lowest BCUT2D eigenvalue weighted by atomic mass is 10.2. The Labute approximate surface area is 114 Å². The molecule has 3 nitrogen and oxygen atoms in total. The topological polar surface area (TPSA) is 30.5 Å². The molecule has 0 aliphatic rings. The maximum absolute atomic E-state index is 5.93. The van der Waals surface area contributed by atoms with Crippen LogP contribution in [0.2, 0.25) is 0 Å². The molecule has 0 fully saturated rings. The summed E-state index contributed by atoms with van der Waals surface area (Å²) < 4.78 is 11.3. The lowest BCUT2D eigenvalue weighted by Gasteiger charge is -2.15. The first-order chi connectivity index (χ1) is 9.35. The Bertz CT molecular complexity index is 511. The summed E-state index contributed by atoms with van der Waals surface area (Å²) in [5.74, 6) is 1.58. The maximum Gasteiger partial charge on any atom is 0.166 e. The molecule has 1 N–H and O–H groups in total. The molecule has 0 aliphatic carbocycles. The van der Waals surface area contributed by atoms with E-state index in [4.69, 9.17) is 9.47 Å². The van der Waals surface area contributed by atoms with Crippen molar-refractivity contribution in [1.29, 1.82) is 0 Å². The summed E-state index contributed by atoms with van der Waals surface area (Å²) in [5.41, 5.74) is 2.24. The Morgan fingerprint density at radius 3 is 2.47 bits per heavy atom. The SMILES string of the molecule is CNCc1cccc(OC)c1OCc1ccccc1. The molecule has 0 aliphatic heterocycles. The van der Waals surface area contributed by atoms with Gasteiger partial charge < -0.3 is 14.8 Å². The van der Waals surface area contributed by atoms with Crippen LogP contribution < -0.4 is 14.8 Å². The fraction of sp³-hybridized carbons (Fsp3) is 0.250. The van der Waals surface area contributed by atoms with Gasteiger partial charge in [0.25, 0.3) is 0 Å². The fourth-order valence-electron chi connectivity index (χ4n) is 1.95. The van der Waals surface area contributed by atoms with Crippen LogP contribution >= 0.6 is 0 Å². The van der Waals surface area contributed by atoms with Gasteiger partial charge in [-0.2, -0.15) is 0 Å². The summed E-state index contributed by atoms with van der Waals surface area (Å²) in [4.78, 5) is 0. The van der Waals surface area contributed by atoms with E-state index in [2.05, 4.69) is 5.32 Å². The highest BCUT2D eigenvalue weighted by molar-refractivity contribution is 5.46. The van der Waals surface area contributed by atoms with Crippen molar-refractivity contribution >= 4 is 0 Å². The zero-order valence-electron chi connectivity index (χ0n) is 11.3. The smallest absolute Gasteiger partial charge is 0.166 e. The molecule has 0 heterocycles. The predicted octanol–water partition coefficient (Wildman–Crippen LogP) is 2.99. The summed E-state index contributed by atoms with van der Waals surface area (Å²) in [6.45, 7) is 1.29. The van der Waals surface area contributed by atoms with E-state index in [-0.39, 0.29) is 0 Å². The van der Waals surface area contributed by atoms with Crippen LogP contribution in [0.3, 0.4) is 0 Å². The molecule has 0 aromatic heterocycles. The average Bonchev–Trinajstić information content (AvgIpc) is 2.47. The molecule has 2 rings (SSSR count). The van der Waals surface area contributed by atoms with E-state index in [1.54, 1.807) is 7.11 Å². The molecule has 100 valence electrons. The van der Waals surface area contributed by atoms with Crippen molar-refractivity contribution in [2.75, 3.05) is 14.2 Å². The summed E-state index contributed by atoms with van der Waals surface area (Å²) >= 11 is 0. The zero-order valence-corrected chi connectivity index (χ0v) is 11.3. The van der Waals surface area contributed by atoms with Crippen molar-refractivity contribution in [2.45, 2.75) is 13.2 Å². The first-order valence-corrected chi connectivity index (χ1v) is 6.32. The van der Waals surface area contributed by atoms with Crippen LogP contribution in [-0.4, -0.2) is 14.2 Å². The van der Waals surface area contributed by atoms with Gasteiger partial charge in [-0.3, -0.25) is 0 Å². The third-order valence-corrected chi connectivity index (χ3v) is 2.87. The second-order valence-corrected chi connectivity index (χ2v) is 4.25. The number of para-hydroxylation sites is 1. The highest BCUT2D eigenvalue weighted by atomic mass is 16.5. The lowest BCUT2D eigenvalue weighted by Crippen LogP contribution is -2.08. The van der Waals surface area contributed by atoms with E-state index < -0.39 is 0 Å². The molecule has 0 atom stereocenters. The van der Waals surface area contributed by atoms with E-state index >= 15 is 0 Å². The third kappa shape index (κ3) is 3.48. The fourth-order valence-corrected chi connectivity index (χ4v) is 1.95. The molecule has 0 bridgehead atoms. The van der Waals surface area contributed by atoms with Crippen LogP contribution in [0.25, 0.3) is 0 Å². The van der Waals surface area contributed by atoms with Gasteiger partial charge in [-0.15, -0.1) is 0 Å². The van der Waals surface area contributed by atoms with Crippen molar-refractivity contribution in [3.8, 4) is 11.5 Å². The quantitative estimate of drug-likeness (QED) is 0.863. The van der Waals surface area contributed by atoms with Gasteiger partial charge in [-0.05, 0) is 18.7 Å². The maximum atomic E-state index is 5.93. The second kappa shape index (κ2) is 6.81. The molecular weight excluding hydrogens is 238 g/mol. The van der Waals surface area contributed by atoms with Gasteiger partial charge in [0.2, 0.25) is 0 Å². The summed E-state index contributed by atoms with van der Waals surface area (Å²) in [6, 6.07) is 16.0. The monoisotopic (exact) mass is 257 g/mol. The predicted molar refractivity (Wildman–Crippen MR) is 76.5 cm³/mol.